The number of aromatic nitrogens is 2. The number of ether oxygens (including phenoxy) is 1. The molecule has 1 fully saturated rings. The van der Waals surface area contributed by atoms with Crippen LogP contribution in [0.5, 0.6) is 0 Å². The third-order valence-electron chi connectivity index (χ3n) is 4.28. The van der Waals surface area contributed by atoms with E-state index in [4.69, 9.17) is 4.74 Å². The van der Waals surface area contributed by atoms with Crippen LogP contribution in [0.15, 0.2) is 36.7 Å². The number of hydrogen-bond acceptors (Lipinski definition) is 5. The predicted molar refractivity (Wildman–Crippen MR) is 104 cm³/mol. The van der Waals surface area contributed by atoms with E-state index in [1.54, 1.807) is 60.3 Å². The van der Waals surface area contributed by atoms with Gasteiger partial charge >= 0.3 is 0 Å². The molecule has 2 aromatic rings. The summed E-state index contributed by atoms with van der Waals surface area (Å²) in [5.74, 6) is -0.265. The Kier molecular flexibility index (Phi) is 7.35. The van der Waals surface area contributed by atoms with Crippen molar-refractivity contribution in [3.63, 3.8) is 0 Å². The molecule has 146 valence electrons. The maximum absolute atomic E-state index is 12.6. The lowest BCUT2D eigenvalue weighted by Crippen LogP contribution is -2.40. The number of halogens is 1. The first-order chi connectivity index (χ1) is 12.6. The highest BCUT2D eigenvalue weighted by molar-refractivity contribution is 5.98. The summed E-state index contributed by atoms with van der Waals surface area (Å²) in [5.41, 5.74) is 1.90. The van der Waals surface area contributed by atoms with Crippen LogP contribution in [0.4, 0.5) is 5.69 Å². The van der Waals surface area contributed by atoms with Crippen molar-refractivity contribution in [3.05, 3.63) is 47.8 Å². The lowest BCUT2D eigenvalue weighted by Gasteiger charge is -2.27. The van der Waals surface area contributed by atoms with Gasteiger partial charge in [-0.3, -0.25) is 14.3 Å². The van der Waals surface area contributed by atoms with Crippen molar-refractivity contribution in [2.75, 3.05) is 38.7 Å². The Bertz CT molecular complexity index is 789. The fourth-order valence-electron chi connectivity index (χ4n) is 2.93. The van der Waals surface area contributed by atoms with Gasteiger partial charge in [-0.2, -0.15) is 5.10 Å². The van der Waals surface area contributed by atoms with E-state index in [1.807, 2.05) is 0 Å². The average molecular weight is 394 g/mol. The number of aryl methyl sites for hydroxylation is 1. The molecule has 9 heteroatoms. The Labute approximate surface area is 164 Å². The first-order valence-electron chi connectivity index (χ1n) is 8.52. The quantitative estimate of drug-likeness (QED) is 0.797. The van der Waals surface area contributed by atoms with E-state index in [-0.39, 0.29) is 24.2 Å². The average Bonchev–Trinajstić information content (AvgIpc) is 3.08. The van der Waals surface area contributed by atoms with Gasteiger partial charge in [0.15, 0.2) is 0 Å². The van der Waals surface area contributed by atoms with Crippen molar-refractivity contribution < 1.29 is 14.3 Å². The minimum Gasteiger partial charge on any atom is -0.378 e. The lowest BCUT2D eigenvalue weighted by atomic mass is 10.1. The zero-order valence-corrected chi connectivity index (χ0v) is 16.2. The number of carbonyl (C=O) groups excluding carboxylic acids is 2. The number of hydrogen-bond donors (Lipinski definition) is 2. The number of amides is 2. The molecule has 1 unspecified atom stereocenters. The molecule has 1 atom stereocenters. The molecule has 1 saturated heterocycles. The molecule has 1 aromatic heterocycles. The van der Waals surface area contributed by atoms with Crippen molar-refractivity contribution in [3.8, 4) is 0 Å². The summed E-state index contributed by atoms with van der Waals surface area (Å²) >= 11 is 0. The maximum atomic E-state index is 12.6. The summed E-state index contributed by atoms with van der Waals surface area (Å²) in [4.78, 5) is 27.0. The van der Waals surface area contributed by atoms with Gasteiger partial charge in [-0.1, -0.05) is 6.07 Å². The van der Waals surface area contributed by atoms with Crippen LogP contribution in [0.2, 0.25) is 0 Å². The van der Waals surface area contributed by atoms with Crippen molar-refractivity contribution in [2.45, 2.75) is 6.04 Å². The van der Waals surface area contributed by atoms with E-state index in [9.17, 15) is 9.59 Å². The minimum atomic E-state index is -0.526. The van der Waals surface area contributed by atoms with Crippen molar-refractivity contribution >= 4 is 29.9 Å². The molecule has 0 aliphatic carbocycles. The van der Waals surface area contributed by atoms with Crippen molar-refractivity contribution in [2.24, 2.45) is 7.05 Å². The number of nitrogens with zero attached hydrogens (tertiary/aromatic N) is 3. The molecule has 1 aliphatic heterocycles. The van der Waals surface area contributed by atoms with E-state index in [1.165, 1.54) is 0 Å². The molecule has 0 saturated carbocycles. The molecule has 0 spiro atoms. The highest BCUT2D eigenvalue weighted by Gasteiger charge is 2.22. The van der Waals surface area contributed by atoms with E-state index in [0.717, 1.165) is 5.56 Å². The molecule has 2 amide bonds. The van der Waals surface area contributed by atoms with Crippen molar-refractivity contribution in [1.29, 1.82) is 0 Å². The Morgan fingerprint density at radius 1 is 1.26 bits per heavy atom. The second-order valence-corrected chi connectivity index (χ2v) is 6.14. The maximum Gasteiger partial charge on any atom is 0.254 e. The van der Waals surface area contributed by atoms with Gasteiger partial charge in [-0.25, -0.2) is 0 Å². The van der Waals surface area contributed by atoms with E-state index >= 15 is 0 Å². The highest BCUT2D eigenvalue weighted by atomic mass is 35.5. The van der Waals surface area contributed by atoms with Gasteiger partial charge in [0.05, 0.1) is 19.4 Å². The summed E-state index contributed by atoms with van der Waals surface area (Å²) in [6, 6.07) is 6.46. The first-order valence-corrected chi connectivity index (χ1v) is 8.52. The Hall–Kier alpha value is -2.42. The van der Waals surface area contributed by atoms with Gasteiger partial charge in [0.2, 0.25) is 5.91 Å². The van der Waals surface area contributed by atoms with Gasteiger partial charge in [-0.15, -0.1) is 12.4 Å². The molecule has 3 rings (SSSR count). The second-order valence-electron chi connectivity index (χ2n) is 6.14. The van der Waals surface area contributed by atoms with Crippen molar-refractivity contribution in [1.82, 2.24) is 20.0 Å². The molecule has 8 nitrogen and oxygen atoms in total. The molecule has 1 aromatic carbocycles. The van der Waals surface area contributed by atoms with Gasteiger partial charge < -0.3 is 20.3 Å². The van der Waals surface area contributed by atoms with Crippen LogP contribution < -0.4 is 10.6 Å². The number of morpholine rings is 1. The topological polar surface area (TPSA) is 88.5 Å². The highest BCUT2D eigenvalue weighted by Crippen LogP contribution is 2.17. The summed E-state index contributed by atoms with van der Waals surface area (Å²) in [5, 5.41) is 9.95. The Morgan fingerprint density at radius 2 is 2.00 bits per heavy atom. The van der Waals surface area contributed by atoms with E-state index in [2.05, 4.69) is 15.7 Å². The summed E-state index contributed by atoms with van der Waals surface area (Å²) < 4.78 is 6.93. The summed E-state index contributed by atoms with van der Waals surface area (Å²) in [6.07, 6.45) is 3.44. The molecule has 2 N–H and O–H groups in total. The Balaban J connectivity index is 0.00000261. The monoisotopic (exact) mass is 393 g/mol. The van der Waals surface area contributed by atoms with Crippen LogP contribution in [0.1, 0.15) is 22.0 Å². The number of anilines is 1. The molecule has 27 heavy (non-hydrogen) atoms. The molecule has 1 aliphatic rings. The van der Waals surface area contributed by atoms with Gasteiger partial charge in [0.1, 0.15) is 6.04 Å². The zero-order chi connectivity index (χ0) is 18.5. The first kappa shape index (κ1) is 20.9. The number of likely N-dealkylation sites (N-methyl/N-ethyl adjacent to an activating group) is 1. The largest absolute Gasteiger partial charge is 0.378 e. The minimum absolute atomic E-state index is 0. The Morgan fingerprint density at radius 3 is 2.63 bits per heavy atom. The number of benzene rings is 1. The van der Waals surface area contributed by atoms with Gasteiger partial charge in [-0.05, 0) is 25.2 Å². The lowest BCUT2D eigenvalue weighted by molar-refractivity contribution is -0.118. The molecule has 2 heterocycles. The van der Waals surface area contributed by atoms with E-state index < -0.39 is 6.04 Å². The van der Waals surface area contributed by atoms with Gasteiger partial charge in [0, 0.05) is 43.1 Å². The van der Waals surface area contributed by atoms with Crippen LogP contribution in [0.25, 0.3) is 0 Å². The fourth-order valence-corrected chi connectivity index (χ4v) is 2.93. The normalized spacial score (nSPS) is 15.0. The second kappa shape index (κ2) is 9.50. The third kappa shape index (κ3) is 5.06. The van der Waals surface area contributed by atoms with Crippen LogP contribution in [-0.4, -0.2) is 59.8 Å². The van der Waals surface area contributed by atoms with Crippen LogP contribution in [-0.2, 0) is 16.6 Å². The smallest absolute Gasteiger partial charge is 0.254 e. The molecular formula is C18H24ClN5O3. The zero-order valence-electron chi connectivity index (χ0n) is 15.3. The van der Waals surface area contributed by atoms with Crippen LogP contribution >= 0.6 is 12.4 Å². The molecule has 0 bridgehead atoms. The predicted octanol–water partition coefficient (Wildman–Crippen LogP) is 1.21. The number of rotatable bonds is 5. The molecular weight excluding hydrogens is 370 g/mol. The van der Waals surface area contributed by atoms with Crippen LogP contribution in [0.3, 0.4) is 0 Å². The SMILES string of the molecule is CNC(C(=O)Nc1cccc(C(=O)N2CCOCC2)c1)c1cnn(C)c1.Cl. The number of nitrogens with one attached hydrogen (secondary N) is 2. The summed E-state index contributed by atoms with van der Waals surface area (Å²) in [6.45, 7) is 2.27. The van der Waals surface area contributed by atoms with Crippen LogP contribution in [0, 0.1) is 0 Å². The van der Waals surface area contributed by atoms with E-state index in [0.29, 0.717) is 37.6 Å². The number of carbonyl (C=O) groups is 2. The summed E-state index contributed by atoms with van der Waals surface area (Å²) in [7, 11) is 3.52. The third-order valence-corrected chi connectivity index (χ3v) is 4.28. The fraction of sp³-hybridized carbons (Fsp3) is 0.389. The molecule has 0 radical (unpaired) electrons. The standard InChI is InChI=1S/C18H23N5O3.ClH/c1-19-16(14-11-20-22(2)12-14)17(24)21-15-5-3-4-13(10-15)18(25)23-6-8-26-9-7-23;/h3-5,10-12,16,19H,6-9H2,1-2H3,(H,21,24);1H. The van der Waals surface area contributed by atoms with Gasteiger partial charge in [0.25, 0.3) is 5.91 Å².